The standard InChI is InChI=1S/C20H23BrN2O2/c1-14(16-7-9-17(21)10-8-16)22-18-11-19(12-18)23-20(24)25-13-15-5-3-2-4-6-15/h2-10,14,18-19,22H,11-13H2,1H3,(H,23,24). The largest absolute Gasteiger partial charge is 0.445 e. The van der Waals surface area contributed by atoms with E-state index < -0.39 is 0 Å². The van der Waals surface area contributed by atoms with Crippen LogP contribution in [0.4, 0.5) is 4.79 Å². The van der Waals surface area contributed by atoms with E-state index >= 15 is 0 Å². The maximum atomic E-state index is 11.8. The molecule has 1 amide bonds. The molecule has 1 fully saturated rings. The van der Waals surface area contributed by atoms with Gasteiger partial charge in [0.2, 0.25) is 0 Å². The van der Waals surface area contributed by atoms with Crippen molar-refractivity contribution in [2.75, 3.05) is 0 Å². The van der Waals surface area contributed by atoms with Crippen molar-refractivity contribution < 1.29 is 9.53 Å². The van der Waals surface area contributed by atoms with E-state index in [-0.39, 0.29) is 12.1 Å². The second kappa shape index (κ2) is 8.50. The quantitative estimate of drug-likeness (QED) is 0.744. The van der Waals surface area contributed by atoms with E-state index in [2.05, 4.69) is 57.8 Å². The number of carbonyl (C=O) groups is 1. The van der Waals surface area contributed by atoms with Gasteiger partial charge in [-0.3, -0.25) is 0 Å². The van der Waals surface area contributed by atoms with Crippen LogP contribution in [0.1, 0.15) is 36.9 Å². The molecule has 25 heavy (non-hydrogen) atoms. The third kappa shape index (κ3) is 5.31. The van der Waals surface area contributed by atoms with Gasteiger partial charge in [-0.05, 0) is 43.0 Å². The molecule has 3 rings (SSSR count). The Kier molecular flexibility index (Phi) is 6.10. The van der Waals surface area contributed by atoms with E-state index in [0.29, 0.717) is 18.7 Å². The van der Waals surface area contributed by atoms with Crippen LogP contribution in [-0.4, -0.2) is 18.2 Å². The SMILES string of the molecule is CC(NC1CC(NC(=O)OCc2ccccc2)C1)c1ccc(Br)cc1. The first kappa shape index (κ1) is 18.0. The zero-order chi connectivity index (χ0) is 17.6. The number of hydrogen-bond donors (Lipinski definition) is 2. The summed E-state index contributed by atoms with van der Waals surface area (Å²) in [6.07, 6.45) is 1.52. The number of carbonyl (C=O) groups excluding carboxylic acids is 1. The van der Waals surface area contributed by atoms with Gasteiger partial charge in [0.1, 0.15) is 6.61 Å². The van der Waals surface area contributed by atoms with Crippen molar-refractivity contribution in [2.24, 2.45) is 0 Å². The van der Waals surface area contributed by atoms with E-state index in [4.69, 9.17) is 4.74 Å². The first-order valence-electron chi connectivity index (χ1n) is 8.59. The highest BCUT2D eigenvalue weighted by Gasteiger charge is 2.31. The van der Waals surface area contributed by atoms with Gasteiger partial charge >= 0.3 is 6.09 Å². The average Bonchev–Trinajstić information content (AvgIpc) is 2.59. The second-order valence-corrected chi connectivity index (χ2v) is 7.43. The van der Waals surface area contributed by atoms with Gasteiger partial charge in [-0.25, -0.2) is 4.79 Å². The van der Waals surface area contributed by atoms with Crippen molar-refractivity contribution in [1.29, 1.82) is 0 Å². The summed E-state index contributed by atoms with van der Waals surface area (Å²) in [7, 11) is 0. The van der Waals surface area contributed by atoms with Crippen LogP contribution >= 0.6 is 15.9 Å². The highest BCUT2D eigenvalue weighted by Crippen LogP contribution is 2.24. The number of benzene rings is 2. The Bertz CT molecular complexity index is 685. The summed E-state index contributed by atoms with van der Waals surface area (Å²) in [6.45, 7) is 2.47. The maximum Gasteiger partial charge on any atom is 0.407 e. The number of hydrogen-bond acceptors (Lipinski definition) is 3. The molecule has 1 aliphatic carbocycles. The minimum Gasteiger partial charge on any atom is -0.445 e. The Morgan fingerprint density at radius 1 is 1.12 bits per heavy atom. The van der Waals surface area contributed by atoms with E-state index in [9.17, 15) is 4.79 Å². The van der Waals surface area contributed by atoms with Crippen LogP contribution in [0.5, 0.6) is 0 Å². The molecule has 0 aromatic heterocycles. The van der Waals surface area contributed by atoms with Gasteiger partial charge in [0.05, 0.1) is 0 Å². The zero-order valence-electron chi connectivity index (χ0n) is 14.2. The Balaban J connectivity index is 1.35. The summed E-state index contributed by atoms with van der Waals surface area (Å²) in [5.74, 6) is 0. The van der Waals surface area contributed by atoms with Gasteiger partial charge in [0, 0.05) is 22.6 Å². The Morgan fingerprint density at radius 3 is 2.48 bits per heavy atom. The molecular formula is C20H23BrN2O2. The molecule has 0 aliphatic heterocycles. The van der Waals surface area contributed by atoms with Crippen LogP contribution in [0.15, 0.2) is 59.1 Å². The first-order chi connectivity index (χ1) is 12.1. The molecule has 2 aromatic carbocycles. The lowest BCUT2D eigenvalue weighted by molar-refractivity contribution is 0.124. The lowest BCUT2D eigenvalue weighted by Gasteiger charge is -2.38. The maximum absolute atomic E-state index is 11.8. The molecule has 132 valence electrons. The zero-order valence-corrected chi connectivity index (χ0v) is 15.8. The fourth-order valence-electron chi connectivity index (χ4n) is 3.00. The predicted octanol–water partition coefficient (Wildman–Crippen LogP) is 4.56. The van der Waals surface area contributed by atoms with Gasteiger partial charge < -0.3 is 15.4 Å². The van der Waals surface area contributed by atoms with Crippen molar-refractivity contribution in [3.8, 4) is 0 Å². The summed E-state index contributed by atoms with van der Waals surface area (Å²) >= 11 is 3.46. The Morgan fingerprint density at radius 2 is 1.80 bits per heavy atom. The normalized spacial score (nSPS) is 20.4. The highest BCUT2D eigenvalue weighted by atomic mass is 79.9. The van der Waals surface area contributed by atoms with E-state index in [1.54, 1.807) is 0 Å². The van der Waals surface area contributed by atoms with Crippen LogP contribution in [0, 0.1) is 0 Å². The van der Waals surface area contributed by atoms with Crippen molar-refractivity contribution in [2.45, 2.75) is 44.5 Å². The number of alkyl carbamates (subject to hydrolysis) is 1. The van der Waals surface area contributed by atoms with Gasteiger partial charge in [-0.15, -0.1) is 0 Å². The molecule has 1 atom stereocenters. The van der Waals surface area contributed by atoms with E-state index in [1.165, 1.54) is 5.56 Å². The highest BCUT2D eigenvalue weighted by molar-refractivity contribution is 9.10. The van der Waals surface area contributed by atoms with Crippen molar-refractivity contribution in [3.63, 3.8) is 0 Å². The molecule has 1 unspecified atom stereocenters. The van der Waals surface area contributed by atoms with Crippen LogP contribution in [0.2, 0.25) is 0 Å². The molecule has 1 aliphatic rings. The minimum absolute atomic E-state index is 0.192. The van der Waals surface area contributed by atoms with E-state index in [0.717, 1.165) is 22.9 Å². The summed E-state index contributed by atoms with van der Waals surface area (Å²) < 4.78 is 6.34. The van der Waals surface area contributed by atoms with E-state index in [1.807, 2.05) is 30.3 Å². The number of rotatable bonds is 6. The number of ether oxygens (including phenoxy) is 1. The smallest absolute Gasteiger partial charge is 0.407 e. The van der Waals surface area contributed by atoms with Crippen LogP contribution < -0.4 is 10.6 Å². The van der Waals surface area contributed by atoms with Crippen LogP contribution in [0.3, 0.4) is 0 Å². The van der Waals surface area contributed by atoms with Crippen molar-refractivity contribution in [3.05, 3.63) is 70.2 Å². The molecule has 0 heterocycles. The van der Waals surface area contributed by atoms with Gasteiger partial charge in [-0.1, -0.05) is 58.4 Å². The Labute approximate surface area is 157 Å². The summed E-state index contributed by atoms with van der Waals surface area (Å²) in [6, 6.07) is 19.0. The van der Waals surface area contributed by atoms with Crippen molar-refractivity contribution in [1.82, 2.24) is 10.6 Å². The minimum atomic E-state index is -0.340. The molecule has 2 N–H and O–H groups in total. The topological polar surface area (TPSA) is 50.4 Å². The van der Waals surface area contributed by atoms with Crippen LogP contribution in [0.25, 0.3) is 0 Å². The molecule has 1 saturated carbocycles. The molecule has 2 aromatic rings. The molecular weight excluding hydrogens is 380 g/mol. The van der Waals surface area contributed by atoms with Crippen LogP contribution in [-0.2, 0) is 11.3 Å². The predicted molar refractivity (Wildman–Crippen MR) is 102 cm³/mol. The lowest BCUT2D eigenvalue weighted by Crippen LogP contribution is -2.52. The lowest BCUT2D eigenvalue weighted by atomic mass is 9.86. The average molecular weight is 403 g/mol. The summed E-state index contributed by atoms with van der Waals surface area (Å²) in [5, 5.41) is 6.54. The third-order valence-electron chi connectivity index (χ3n) is 4.53. The molecule has 0 spiro atoms. The fraction of sp³-hybridized carbons (Fsp3) is 0.350. The monoisotopic (exact) mass is 402 g/mol. The van der Waals surface area contributed by atoms with Gasteiger partial charge in [0.15, 0.2) is 0 Å². The first-order valence-corrected chi connectivity index (χ1v) is 9.38. The second-order valence-electron chi connectivity index (χ2n) is 6.51. The summed E-state index contributed by atoms with van der Waals surface area (Å²) in [4.78, 5) is 11.8. The Hall–Kier alpha value is -1.85. The molecule has 0 bridgehead atoms. The molecule has 5 heteroatoms. The number of nitrogens with one attached hydrogen (secondary N) is 2. The molecule has 0 radical (unpaired) electrons. The molecule has 0 saturated heterocycles. The number of halogens is 1. The number of amides is 1. The van der Waals surface area contributed by atoms with Gasteiger partial charge in [-0.2, -0.15) is 0 Å². The summed E-state index contributed by atoms with van der Waals surface area (Å²) in [5.41, 5.74) is 2.26. The fourth-order valence-corrected chi connectivity index (χ4v) is 3.27. The third-order valence-corrected chi connectivity index (χ3v) is 5.06. The molecule has 4 nitrogen and oxygen atoms in total. The van der Waals surface area contributed by atoms with Gasteiger partial charge in [0.25, 0.3) is 0 Å². The van der Waals surface area contributed by atoms with Crippen molar-refractivity contribution >= 4 is 22.0 Å².